The first-order chi connectivity index (χ1) is 9.63. The van der Waals surface area contributed by atoms with Crippen molar-refractivity contribution in [2.24, 2.45) is 11.7 Å². The second kappa shape index (κ2) is 6.32. The van der Waals surface area contributed by atoms with Gasteiger partial charge in [-0.05, 0) is 12.1 Å². The van der Waals surface area contributed by atoms with E-state index < -0.39 is 17.9 Å². The van der Waals surface area contributed by atoms with Gasteiger partial charge in [-0.15, -0.1) is 0 Å². The van der Waals surface area contributed by atoms with Crippen molar-refractivity contribution in [1.82, 2.24) is 0 Å². The Bertz CT molecular complexity index is 446. The molecule has 2 rings (SSSR count). The van der Waals surface area contributed by atoms with Gasteiger partial charge in [-0.1, -0.05) is 18.2 Å². The van der Waals surface area contributed by atoms with E-state index in [1.807, 2.05) is 6.07 Å². The number of methoxy groups -OCH3 is 2. The van der Waals surface area contributed by atoms with Crippen LogP contribution in [-0.2, 0) is 29.7 Å². The van der Waals surface area contributed by atoms with Crippen LogP contribution in [-0.4, -0.2) is 39.4 Å². The monoisotopic (exact) mass is 281 g/mol. The summed E-state index contributed by atoms with van der Waals surface area (Å²) in [6.45, 7) is 0.594. The Balaban J connectivity index is 2.19. The first-order valence-corrected chi connectivity index (χ1v) is 6.35. The number of esters is 1. The summed E-state index contributed by atoms with van der Waals surface area (Å²) in [6, 6.07) is 8.60. The van der Waals surface area contributed by atoms with Gasteiger partial charge in [0.15, 0.2) is 0 Å². The molecule has 0 spiro atoms. The SMILES string of the molecule is COC(OC)(OC(=O)C1COCC1N)c1ccccc1. The second-order valence-electron chi connectivity index (χ2n) is 4.56. The van der Waals surface area contributed by atoms with Crippen LogP contribution in [0.2, 0.25) is 0 Å². The van der Waals surface area contributed by atoms with Crippen molar-refractivity contribution in [3.63, 3.8) is 0 Å². The minimum absolute atomic E-state index is 0.248. The maximum atomic E-state index is 12.2. The van der Waals surface area contributed by atoms with E-state index in [9.17, 15) is 4.79 Å². The third-order valence-electron chi connectivity index (χ3n) is 3.33. The molecule has 1 aliphatic rings. The van der Waals surface area contributed by atoms with Gasteiger partial charge in [0.2, 0.25) is 0 Å². The third kappa shape index (κ3) is 2.83. The van der Waals surface area contributed by atoms with Gasteiger partial charge in [-0.2, -0.15) is 0 Å². The lowest BCUT2D eigenvalue weighted by molar-refractivity contribution is -0.357. The number of rotatable bonds is 5. The molecule has 0 radical (unpaired) electrons. The van der Waals surface area contributed by atoms with Gasteiger partial charge < -0.3 is 24.7 Å². The molecule has 0 aromatic heterocycles. The Morgan fingerprint density at radius 1 is 1.25 bits per heavy atom. The van der Waals surface area contributed by atoms with E-state index in [1.165, 1.54) is 14.2 Å². The van der Waals surface area contributed by atoms with Crippen LogP contribution in [0.3, 0.4) is 0 Å². The summed E-state index contributed by atoms with van der Waals surface area (Å²) < 4.78 is 21.2. The van der Waals surface area contributed by atoms with Gasteiger partial charge in [-0.25, -0.2) is 0 Å². The van der Waals surface area contributed by atoms with E-state index >= 15 is 0 Å². The van der Waals surface area contributed by atoms with Crippen LogP contribution in [0.1, 0.15) is 5.56 Å². The highest BCUT2D eigenvalue weighted by atomic mass is 16.9. The number of hydrogen-bond donors (Lipinski definition) is 1. The number of carbonyl (C=O) groups excluding carboxylic acids is 1. The van der Waals surface area contributed by atoms with Gasteiger partial charge >= 0.3 is 11.9 Å². The molecule has 1 fully saturated rings. The molecule has 6 nitrogen and oxygen atoms in total. The van der Waals surface area contributed by atoms with Gasteiger partial charge in [0.25, 0.3) is 0 Å². The van der Waals surface area contributed by atoms with Gasteiger partial charge in [0, 0.05) is 20.3 Å². The molecule has 0 aliphatic carbocycles. The zero-order chi connectivity index (χ0) is 14.6. The summed E-state index contributed by atoms with van der Waals surface area (Å²) in [7, 11) is 2.82. The normalized spacial score (nSPS) is 22.8. The zero-order valence-corrected chi connectivity index (χ0v) is 11.6. The van der Waals surface area contributed by atoms with Gasteiger partial charge in [0.1, 0.15) is 0 Å². The fourth-order valence-corrected chi connectivity index (χ4v) is 2.13. The van der Waals surface area contributed by atoms with Gasteiger partial charge in [-0.3, -0.25) is 4.79 Å². The van der Waals surface area contributed by atoms with Crippen molar-refractivity contribution in [1.29, 1.82) is 0 Å². The van der Waals surface area contributed by atoms with E-state index in [1.54, 1.807) is 24.3 Å². The highest BCUT2D eigenvalue weighted by molar-refractivity contribution is 5.74. The largest absolute Gasteiger partial charge is 0.403 e. The summed E-state index contributed by atoms with van der Waals surface area (Å²) in [6.07, 6.45) is 0. The lowest BCUT2D eigenvalue weighted by Gasteiger charge is -2.31. The summed E-state index contributed by atoms with van der Waals surface area (Å²) in [5.74, 6) is -2.58. The van der Waals surface area contributed by atoms with Crippen LogP contribution in [0.15, 0.2) is 30.3 Å². The molecular weight excluding hydrogens is 262 g/mol. The molecule has 20 heavy (non-hydrogen) atoms. The maximum absolute atomic E-state index is 12.2. The number of hydrogen-bond acceptors (Lipinski definition) is 6. The highest BCUT2D eigenvalue weighted by Gasteiger charge is 2.42. The van der Waals surface area contributed by atoms with Crippen molar-refractivity contribution in [2.45, 2.75) is 12.0 Å². The number of carbonyl (C=O) groups is 1. The van der Waals surface area contributed by atoms with Crippen molar-refractivity contribution in [2.75, 3.05) is 27.4 Å². The average molecular weight is 281 g/mol. The molecule has 0 amide bonds. The number of nitrogens with two attached hydrogens (primary N) is 1. The highest BCUT2D eigenvalue weighted by Crippen LogP contribution is 2.29. The molecule has 1 aromatic carbocycles. The molecular formula is C14H19NO5. The molecule has 1 aromatic rings. The van der Waals surface area contributed by atoms with E-state index in [0.717, 1.165) is 0 Å². The third-order valence-corrected chi connectivity index (χ3v) is 3.33. The Morgan fingerprint density at radius 2 is 1.90 bits per heavy atom. The lowest BCUT2D eigenvalue weighted by atomic mass is 10.1. The Morgan fingerprint density at radius 3 is 2.40 bits per heavy atom. The van der Waals surface area contributed by atoms with Crippen molar-refractivity contribution in [3.05, 3.63) is 35.9 Å². The first kappa shape index (κ1) is 14.9. The molecule has 2 unspecified atom stereocenters. The van der Waals surface area contributed by atoms with Crippen LogP contribution in [0, 0.1) is 5.92 Å². The number of benzene rings is 1. The van der Waals surface area contributed by atoms with Crippen LogP contribution in [0.4, 0.5) is 0 Å². The van der Waals surface area contributed by atoms with Crippen molar-refractivity contribution >= 4 is 5.97 Å². The predicted molar refractivity (Wildman–Crippen MR) is 70.5 cm³/mol. The van der Waals surface area contributed by atoms with E-state index in [-0.39, 0.29) is 12.6 Å². The fraction of sp³-hybridized carbons (Fsp3) is 0.500. The Kier molecular flexibility index (Phi) is 4.72. The van der Waals surface area contributed by atoms with Crippen LogP contribution in [0.5, 0.6) is 0 Å². The summed E-state index contributed by atoms with van der Waals surface area (Å²) in [5.41, 5.74) is 6.40. The quantitative estimate of drug-likeness (QED) is 0.629. The van der Waals surface area contributed by atoms with Gasteiger partial charge in [0.05, 0.1) is 24.7 Å². The van der Waals surface area contributed by atoms with Crippen molar-refractivity contribution in [3.8, 4) is 0 Å². The average Bonchev–Trinajstić information content (AvgIpc) is 2.92. The summed E-state index contributed by atoms with van der Waals surface area (Å²) in [5, 5.41) is 0. The molecule has 110 valence electrons. The molecule has 2 atom stereocenters. The second-order valence-corrected chi connectivity index (χ2v) is 4.56. The minimum Gasteiger partial charge on any atom is -0.403 e. The fourth-order valence-electron chi connectivity index (χ4n) is 2.13. The smallest absolute Gasteiger partial charge is 0.357 e. The molecule has 1 aliphatic heterocycles. The molecule has 0 saturated carbocycles. The zero-order valence-electron chi connectivity index (χ0n) is 11.6. The van der Waals surface area contributed by atoms with Crippen molar-refractivity contribution < 1.29 is 23.7 Å². The van der Waals surface area contributed by atoms with Crippen LogP contribution < -0.4 is 5.73 Å². The summed E-state index contributed by atoms with van der Waals surface area (Å²) in [4.78, 5) is 12.2. The van der Waals surface area contributed by atoms with E-state index in [4.69, 9.17) is 24.7 Å². The molecule has 1 saturated heterocycles. The lowest BCUT2D eigenvalue weighted by Crippen LogP contribution is -2.42. The molecule has 0 bridgehead atoms. The number of ether oxygens (including phenoxy) is 4. The standard InChI is InChI=1S/C14H19NO5/c1-17-14(18-2,10-6-4-3-5-7-10)20-13(16)11-8-19-9-12(11)15/h3-7,11-12H,8-9,15H2,1-2H3. The van der Waals surface area contributed by atoms with Crippen LogP contribution in [0.25, 0.3) is 0 Å². The topological polar surface area (TPSA) is 80.0 Å². The maximum Gasteiger partial charge on any atom is 0.357 e. The van der Waals surface area contributed by atoms with E-state index in [0.29, 0.717) is 12.2 Å². The Labute approximate surface area is 117 Å². The molecule has 1 heterocycles. The Hall–Kier alpha value is -1.47. The van der Waals surface area contributed by atoms with Crippen LogP contribution >= 0.6 is 0 Å². The van der Waals surface area contributed by atoms with E-state index in [2.05, 4.69) is 0 Å². The molecule has 2 N–H and O–H groups in total. The predicted octanol–water partition coefficient (Wildman–Crippen LogP) is 0.607. The summed E-state index contributed by atoms with van der Waals surface area (Å²) >= 11 is 0. The molecule has 6 heteroatoms. The first-order valence-electron chi connectivity index (χ1n) is 6.35. The minimum atomic E-state index is -1.57.